The topological polar surface area (TPSA) is 81.0 Å². The molecule has 0 fully saturated rings. The summed E-state index contributed by atoms with van der Waals surface area (Å²) in [5, 5.41) is 14.1. The third kappa shape index (κ3) is 3.62. The maximum Gasteiger partial charge on any atom is 0.269 e. The number of rotatable bonds is 5. The van der Waals surface area contributed by atoms with Gasteiger partial charge in [-0.25, -0.2) is 9.97 Å². The average molecular weight is 279 g/mol. The van der Waals surface area contributed by atoms with E-state index in [9.17, 15) is 10.1 Å². The van der Waals surface area contributed by atoms with E-state index in [-0.39, 0.29) is 5.69 Å². The van der Waals surface area contributed by atoms with E-state index in [2.05, 4.69) is 15.3 Å². The lowest BCUT2D eigenvalue weighted by atomic mass is 10.1. The number of benzene rings is 1. The van der Waals surface area contributed by atoms with Gasteiger partial charge in [-0.15, -0.1) is 0 Å². The van der Waals surface area contributed by atoms with Gasteiger partial charge >= 0.3 is 0 Å². The van der Waals surface area contributed by atoms with E-state index in [0.29, 0.717) is 17.4 Å². The number of hydrogen-bond donors (Lipinski definition) is 1. The quantitative estimate of drug-likeness (QED) is 0.672. The summed E-state index contributed by atoms with van der Waals surface area (Å²) in [5.74, 6) is 0.582. The van der Waals surface area contributed by atoms with E-state index in [1.54, 1.807) is 12.1 Å². The third-order valence-electron chi connectivity index (χ3n) is 2.52. The second-order valence-electron chi connectivity index (χ2n) is 3.82. The number of nitro benzene ring substituents is 1. The smallest absolute Gasteiger partial charge is 0.269 e. The fourth-order valence-corrected chi connectivity index (χ4v) is 1.72. The van der Waals surface area contributed by atoms with Crippen molar-refractivity contribution in [1.82, 2.24) is 9.97 Å². The zero-order valence-electron chi connectivity index (χ0n) is 9.91. The second-order valence-corrected chi connectivity index (χ2v) is 4.23. The maximum atomic E-state index is 10.5. The maximum absolute atomic E-state index is 10.5. The van der Waals surface area contributed by atoms with Gasteiger partial charge in [0.25, 0.3) is 5.69 Å². The second kappa shape index (κ2) is 6.10. The molecule has 0 aliphatic heterocycles. The van der Waals surface area contributed by atoms with Crippen molar-refractivity contribution in [2.24, 2.45) is 0 Å². The van der Waals surface area contributed by atoms with Crippen LogP contribution in [-0.4, -0.2) is 21.4 Å². The van der Waals surface area contributed by atoms with Crippen LogP contribution in [0.15, 0.2) is 36.8 Å². The van der Waals surface area contributed by atoms with Crippen LogP contribution in [-0.2, 0) is 6.42 Å². The van der Waals surface area contributed by atoms with Gasteiger partial charge in [0.05, 0.1) is 11.1 Å². The van der Waals surface area contributed by atoms with Crippen LogP contribution in [0.4, 0.5) is 11.5 Å². The van der Waals surface area contributed by atoms with E-state index in [0.717, 1.165) is 12.0 Å². The number of nitrogens with one attached hydrogen (secondary N) is 1. The number of halogens is 1. The van der Waals surface area contributed by atoms with Crippen molar-refractivity contribution in [1.29, 1.82) is 0 Å². The lowest BCUT2D eigenvalue weighted by Gasteiger charge is -2.06. The number of nitro groups is 1. The van der Waals surface area contributed by atoms with Crippen LogP contribution in [0.1, 0.15) is 5.56 Å². The number of aromatic nitrogens is 2. The fraction of sp³-hybridized carbons (Fsp3) is 0.167. The molecule has 0 aliphatic carbocycles. The zero-order valence-corrected chi connectivity index (χ0v) is 10.7. The Kier molecular flexibility index (Phi) is 4.25. The van der Waals surface area contributed by atoms with Crippen molar-refractivity contribution in [3.05, 3.63) is 57.5 Å². The first-order valence-electron chi connectivity index (χ1n) is 5.59. The molecule has 0 spiro atoms. The van der Waals surface area contributed by atoms with Gasteiger partial charge in [-0.3, -0.25) is 10.1 Å². The highest BCUT2D eigenvalue weighted by atomic mass is 35.5. The minimum atomic E-state index is -0.414. The van der Waals surface area contributed by atoms with Gasteiger partial charge in [-0.2, -0.15) is 0 Å². The Bertz CT molecular complexity index is 574. The Morgan fingerprint density at radius 2 is 2.05 bits per heavy atom. The molecule has 1 aromatic heterocycles. The first kappa shape index (κ1) is 13.2. The highest BCUT2D eigenvalue weighted by Gasteiger charge is 2.04. The van der Waals surface area contributed by atoms with Crippen LogP contribution >= 0.6 is 11.6 Å². The Morgan fingerprint density at radius 3 is 2.68 bits per heavy atom. The zero-order chi connectivity index (χ0) is 13.7. The van der Waals surface area contributed by atoms with Gasteiger partial charge in [0.15, 0.2) is 0 Å². The molecule has 0 aliphatic rings. The molecular formula is C12H11ClN4O2. The minimum absolute atomic E-state index is 0.0931. The van der Waals surface area contributed by atoms with Gasteiger partial charge < -0.3 is 5.32 Å². The van der Waals surface area contributed by atoms with Crippen LogP contribution < -0.4 is 5.32 Å². The number of hydrogen-bond acceptors (Lipinski definition) is 5. The summed E-state index contributed by atoms with van der Waals surface area (Å²) in [4.78, 5) is 17.9. The predicted octanol–water partition coefficient (Wildman–Crippen LogP) is 2.69. The van der Waals surface area contributed by atoms with E-state index < -0.39 is 4.92 Å². The molecule has 0 bridgehead atoms. The van der Waals surface area contributed by atoms with Crippen LogP contribution in [0.3, 0.4) is 0 Å². The van der Waals surface area contributed by atoms with Gasteiger partial charge in [0.1, 0.15) is 17.2 Å². The third-order valence-corrected chi connectivity index (χ3v) is 2.80. The molecule has 1 aromatic carbocycles. The number of non-ortho nitro benzene ring substituents is 1. The van der Waals surface area contributed by atoms with Gasteiger partial charge in [-0.05, 0) is 12.0 Å². The SMILES string of the molecule is O=[N+]([O-])c1ccc(CCNc2ncncc2Cl)cc1. The van der Waals surface area contributed by atoms with Crippen molar-refractivity contribution in [3.8, 4) is 0 Å². The standard InChI is InChI=1S/C12H11ClN4O2/c13-11-7-14-8-16-12(11)15-6-5-9-1-3-10(4-2-9)17(18)19/h1-4,7-8H,5-6H2,(H,14,15,16). The Balaban J connectivity index is 1.89. The lowest BCUT2D eigenvalue weighted by Crippen LogP contribution is -2.06. The molecule has 1 heterocycles. The molecule has 0 amide bonds. The number of nitrogens with zero attached hydrogens (tertiary/aromatic N) is 3. The van der Waals surface area contributed by atoms with Crippen LogP contribution in [0.5, 0.6) is 0 Å². The molecule has 19 heavy (non-hydrogen) atoms. The molecule has 98 valence electrons. The Hall–Kier alpha value is -2.21. The lowest BCUT2D eigenvalue weighted by molar-refractivity contribution is -0.384. The van der Waals surface area contributed by atoms with Crippen LogP contribution in [0.2, 0.25) is 5.02 Å². The van der Waals surface area contributed by atoms with Crippen LogP contribution in [0, 0.1) is 10.1 Å². The Labute approximate surface area is 114 Å². The summed E-state index contributed by atoms with van der Waals surface area (Å²) in [6, 6.07) is 6.46. The molecule has 0 saturated heterocycles. The summed E-state index contributed by atoms with van der Waals surface area (Å²) in [7, 11) is 0. The molecule has 2 aromatic rings. The molecule has 2 rings (SSSR count). The summed E-state index contributed by atoms with van der Waals surface area (Å²) in [6.07, 6.45) is 3.65. The summed E-state index contributed by atoms with van der Waals surface area (Å²) < 4.78 is 0. The normalized spacial score (nSPS) is 10.2. The summed E-state index contributed by atoms with van der Waals surface area (Å²) in [5.41, 5.74) is 1.10. The largest absolute Gasteiger partial charge is 0.368 e. The van der Waals surface area contributed by atoms with E-state index >= 15 is 0 Å². The molecular weight excluding hydrogens is 268 g/mol. The molecule has 0 saturated carbocycles. The van der Waals surface area contributed by atoms with Gasteiger partial charge in [0.2, 0.25) is 0 Å². The van der Waals surface area contributed by atoms with Crippen molar-refractivity contribution < 1.29 is 4.92 Å². The first-order chi connectivity index (χ1) is 9.16. The Morgan fingerprint density at radius 1 is 1.32 bits per heavy atom. The monoisotopic (exact) mass is 278 g/mol. The molecule has 6 nitrogen and oxygen atoms in total. The predicted molar refractivity (Wildman–Crippen MR) is 72.3 cm³/mol. The molecule has 0 radical (unpaired) electrons. The summed E-state index contributed by atoms with van der Waals surface area (Å²) >= 11 is 5.90. The summed E-state index contributed by atoms with van der Waals surface area (Å²) in [6.45, 7) is 0.633. The van der Waals surface area contributed by atoms with Crippen molar-refractivity contribution >= 4 is 23.1 Å². The minimum Gasteiger partial charge on any atom is -0.368 e. The first-order valence-corrected chi connectivity index (χ1v) is 5.97. The van der Waals surface area contributed by atoms with E-state index in [1.165, 1.54) is 24.7 Å². The molecule has 0 unspecified atom stereocenters. The van der Waals surface area contributed by atoms with Crippen molar-refractivity contribution in [2.45, 2.75) is 6.42 Å². The molecule has 7 heteroatoms. The number of anilines is 1. The highest BCUT2D eigenvalue weighted by molar-refractivity contribution is 6.32. The van der Waals surface area contributed by atoms with E-state index in [1.807, 2.05) is 0 Å². The highest BCUT2D eigenvalue weighted by Crippen LogP contribution is 2.16. The van der Waals surface area contributed by atoms with Crippen LogP contribution in [0.25, 0.3) is 0 Å². The van der Waals surface area contributed by atoms with E-state index in [4.69, 9.17) is 11.6 Å². The van der Waals surface area contributed by atoms with Crippen molar-refractivity contribution in [2.75, 3.05) is 11.9 Å². The molecule has 0 atom stereocenters. The van der Waals surface area contributed by atoms with Gasteiger partial charge in [-0.1, -0.05) is 23.7 Å². The van der Waals surface area contributed by atoms with Crippen molar-refractivity contribution in [3.63, 3.8) is 0 Å². The van der Waals surface area contributed by atoms with Gasteiger partial charge in [0, 0.05) is 18.7 Å². The fourth-order valence-electron chi connectivity index (χ4n) is 1.55. The average Bonchev–Trinajstić information content (AvgIpc) is 2.41. The molecule has 1 N–H and O–H groups in total.